The second-order valence-corrected chi connectivity index (χ2v) is 6.95. The highest BCUT2D eigenvalue weighted by atomic mass is 15.2. The van der Waals surface area contributed by atoms with Gasteiger partial charge in [0.15, 0.2) is 0 Å². The Hall–Kier alpha value is -2.07. The van der Waals surface area contributed by atoms with Gasteiger partial charge < -0.3 is 4.98 Å². The minimum Gasteiger partial charge on any atom is -0.361 e. The van der Waals surface area contributed by atoms with Crippen LogP contribution in [0.5, 0.6) is 0 Å². The van der Waals surface area contributed by atoms with Crippen LogP contribution in [0.25, 0.3) is 10.9 Å². The first-order valence-electron chi connectivity index (χ1n) is 9.10. The largest absolute Gasteiger partial charge is 0.361 e. The predicted molar refractivity (Wildman–Crippen MR) is 98.2 cm³/mol. The Bertz CT molecular complexity index is 816. The normalized spacial score (nSPS) is 16.4. The van der Waals surface area contributed by atoms with E-state index in [1.807, 2.05) is 0 Å². The van der Waals surface area contributed by atoms with Gasteiger partial charge in [-0.1, -0.05) is 25.1 Å². The van der Waals surface area contributed by atoms with E-state index >= 15 is 0 Å². The molecular formula is C20H26N4. The van der Waals surface area contributed by atoms with Gasteiger partial charge in [-0.25, -0.2) is 0 Å². The second-order valence-electron chi connectivity index (χ2n) is 6.95. The number of H-pyrrole nitrogens is 2. The molecule has 1 atom stereocenters. The summed E-state index contributed by atoms with van der Waals surface area (Å²) in [6.45, 7) is 6.73. The number of aryl methyl sites for hydroxylation is 2. The van der Waals surface area contributed by atoms with Crippen LogP contribution >= 0.6 is 0 Å². The average Bonchev–Trinajstić information content (AvgIpc) is 3.22. The van der Waals surface area contributed by atoms with Crippen molar-refractivity contribution in [2.24, 2.45) is 0 Å². The summed E-state index contributed by atoms with van der Waals surface area (Å²) in [4.78, 5) is 6.01. The molecule has 0 amide bonds. The van der Waals surface area contributed by atoms with Crippen LogP contribution in [0.1, 0.15) is 42.8 Å². The molecule has 4 nitrogen and oxygen atoms in total. The Kier molecular flexibility index (Phi) is 4.15. The highest BCUT2D eigenvalue weighted by Crippen LogP contribution is 2.25. The number of nitrogens with zero attached hydrogens (tertiary/aromatic N) is 2. The molecule has 4 heteroatoms. The first-order chi connectivity index (χ1) is 11.8. The minimum atomic E-state index is 0.589. The Morgan fingerprint density at radius 1 is 1.29 bits per heavy atom. The molecule has 1 unspecified atom stereocenters. The van der Waals surface area contributed by atoms with Crippen molar-refractivity contribution >= 4 is 10.9 Å². The maximum atomic E-state index is 4.48. The van der Waals surface area contributed by atoms with Gasteiger partial charge in [-0.3, -0.25) is 10.00 Å². The van der Waals surface area contributed by atoms with Crippen LogP contribution in [-0.2, 0) is 25.8 Å². The maximum Gasteiger partial charge on any atom is 0.0667 e. The lowest BCUT2D eigenvalue weighted by Crippen LogP contribution is -2.38. The molecule has 0 radical (unpaired) electrons. The lowest BCUT2D eigenvalue weighted by atomic mass is 9.99. The molecular weight excluding hydrogens is 296 g/mol. The van der Waals surface area contributed by atoms with Crippen LogP contribution < -0.4 is 0 Å². The van der Waals surface area contributed by atoms with E-state index < -0.39 is 0 Å². The van der Waals surface area contributed by atoms with Crippen molar-refractivity contribution in [1.29, 1.82) is 0 Å². The Labute approximate surface area is 143 Å². The monoisotopic (exact) mass is 322 g/mol. The van der Waals surface area contributed by atoms with Crippen LogP contribution in [-0.4, -0.2) is 32.7 Å². The molecule has 2 aromatic heterocycles. The number of nitrogens with one attached hydrogen (secondary N) is 2. The quantitative estimate of drug-likeness (QED) is 0.750. The zero-order chi connectivity index (χ0) is 16.5. The summed E-state index contributed by atoms with van der Waals surface area (Å²) in [5.41, 5.74) is 6.73. The van der Waals surface area contributed by atoms with E-state index in [-0.39, 0.29) is 0 Å². The standard InChI is InChI=1S/C20H26N4/c1-3-18-17-13-24(11-10-20(17)23-22-18)14(2)8-9-15-12-21-19-7-5-4-6-16(15)19/h4-7,12,14,21H,3,8-11,13H2,1-2H3,(H,22,23). The first kappa shape index (κ1) is 15.5. The molecule has 0 fully saturated rings. The molecule has 1 aliphatic rings. The molecule has 2 N–H and O–H groups in total. The summed E-state index contributed by atoms with van der Waals surface area (Å²) >= 11 is 0. The van der Waals surface area contributed by atoms with Gasteiger partial charge in [0.25, 0.3) is 0 Å². The van der Waals surface area contributed by atoms with Crippen LogP contribution in [0.3, 0.4) is 0 Å². The Balaban J connectivity index is 1.42. The van der Waals surface area contributed by atoms with Gasteiger partial charge in [0.05, 0.1) is 5.69 Å². The van der Waals surface area contributed by atoms with Gasteiger partial charge in [0.2, 0.25) is 0 Å². The number of hydrogen-bond acceptors (Lipinski definition) is 2. The summed E-state index contributed by atoms with van der Waals surface area (Å²) in [6.07, 6.45) is 6.61. The molecule has 126 valence electrons. The summed E-state index contributed by atoms with van der Waals surface area (Å²) in [6, 6.07) is 9.18. The van der Waals surface area contributed by atoms with Gasteiger partial charge in [-0.15, -0.1) is 0 Å². The molecule has 1 aliphatic heterocycles. The van der Waals surface area contributed by atoms with E-state index in [9.17, 15) is 0 Å². The third-order valence-corrected chi connectivity index (χ3v) is 5.51. The van der Waals surface area contributed by atoms with Crippen molar-refractivity contribution in [3.63, 3.8) is 0 Å². The van der Waals surface area contributed by atoms with Gasteiger partial charge in [0.1, 0.15) is 0 Å². The lowest BCUT2D eigenvalue weighted by molar-refractivity contribution is 0.181. The third kappa shape index (κ3) is 2.75. The number of benzene rings is 1. The van der Waals surface area contributed by atoms with Crippen molar-refractivity contribution in [2.45, 2.75) is 52.1 Å². The number of hydrogen-bond donors (Lipinski definition) is 2. The van der Waals surface area contributed by atoms with E-state index in [1.165, 1.54) is 39.8 Å². The number of para-hydroxylation sites is 1. The predicted octanol–water partition coefficient (Wildman–Crippen LogP) is 3.83. The molecule has 0 spiro atoms. The number of aromatic nitrogens is 3. The molecule has 3 heterocycles. The topological polar surface area (TPSA) is 47.7 Å². The highest BCUT2D eigenvalue weighted by Gasteiger charge is 2.24. The Morgan fingerprint density at radius 2 is 2.17 bits per heavy atom. The molecule has 4 rings (SSSR count). The molecule has 0 saturated carbocycles. The van der Waals surface area contributed by atoms with E-state index in [1.54, 1.807) is 0 Å². The van der Waals surface area contributed by atoms with Crippen molar-refractivity contribution in [1.82, 2.24) is 20.1 Å². The number of aromatic amines is 2. The van der Waals surface area contributed by atoms with Gasteiger partial charge >= 0.3 is 0 Å². The van der Waals surface area contributed by atoms with E-state index in [2.05, 4.69) is 64.4 Å². The molecule has 1 aromatic carbocycles. The van der Waals surface area contributed by atoms with Gasteiger partial charge in [-0.2, -0.15) is 5.10 Å². The minimum absolute atomic E-state index is 0.589. The second kappa shape index (κ2) is 6.44. The highest BCUT2D eigenvalue weighted by molar-refractivity contribution is 5.82. The fourth-order valence-electron chi connectivity index (χ4n) is 3.93. The molecule has 0 aliphatic carbocycles. The van der Waals surface area contributed by atoms with Crippen molar-refractivity contribution < 1.29 is 0 Å². The van der Waals surface area contributed by atoms with Crippen LogP contribution in [0.4, 0.5) is 0 Å². The van der Waals surface area contributed by atoms with Crippen LogP contribution in [0.15, 0.2) is 30.5 Å². The maximum absolute atomic E-state index is 4.48. The summed E-state index contributed by atoms with van der Waals surface area (Å²) in [5.74, 6) is 0. The van der Waals surface area contributed by atoms with E-state index in [0.717, 1.165) is 32.4 Å². The fourth-order valence-corrected chi connectivity index (χ4v) is 3.93. The summed E-state index contributed by atoms with van der Waals surface area (Å²) in [5, 5.41) is 9.07. The lowest BCUT2D eigenvalue weighted by Gasteiger charge is -2.32. The number of fused-ring (bicyclic) bond motifs is 2. The van der Waals surface area contributed by atoms with Gasteiger partial charge in [-0.05, 0) is 37.8 Å². The van der Waals surface area contributed by atoms with Crippen molar-refractivity contribution in [3.05, 3.63) is 53.0 Å². The van der Waals surface area contributed by atoms with E-state index in [0.29, 0.717) is 6.04 Å². The SMILES string of the molecule is CCc1n[nH]c2c1CN(C(C)CCc1c[nH]c3ccccc13)CC2. The first-order valence-corrected chi connectivity index (χ1v) is 9.10. The van der Waals surface area contributed by atoms with Crippen molar-refractivity contribution in [2.75, 3.05) is 6.54 Å². The van der Waals surface area contributed by atoms with Crippen LogP contribution in [0.2, 0.25) is 0 Å². The third-order valence-electron chi connectivity index (χ3n) is 5.51. The molecule has 24 heavy (non-hydrogen) atoms. The Morgan fingerprint density at radius 3 is 3.04 bits per heavy atom. The zero-order valence-electron chi connectivity index (χ0n) is 14.6. The smallest absolute Gasteiger partial charge is 0.0667 e. The zero-order valence-corrected chi connectivity index (χ0v) is 14.6. The average molecular weight is 322 g/mol. The molecule has 3 aromatic rings. The number of rotatable bonds is 5. The summed E-state index contributed by atoms with van der Waals surface area (Å²) in [7, 11) is 0. The fraction of sp³-hybridized carbons (Fsp3) is 0.450. The molecule has 0 saturated heterocycles. The summed E-state index contributed by atoms with van der Waals surface area (Å²) < 4.78 is 0. The van der Waals surface area contributed by atoms with Crippen molar-refractivity contribution in [3.8, 4) is 0 Å². The van der Waals surface area contributed by atoms with E-state index in [4.69, 9.17) is 0 Å². The van der Waals surface area contributed by atoms with Gasteiger partial charge in [0, 0.05) is 53.9 Å². The van der Waals surface area contributed by atoms with Crippen LogP contribution in [0, 0.1) is 0 Å². The molecule has 0 bridgehead atoms.